The van der Waals surface area contributed by atoms with Crippen molar-refractivity contribution in [2.45, 2.75) is 0 Å². The van der Waals surface area contributed by atoms with E-state index >= 15 is 0 Å². The third-order valence-electron chi connectivity index (χ3n) is 2.27. The maximum absolute atomic E-state index is 10.3. The molecule has 0 aromatic heterocycles. The number of carboxylic acid groups (broad SMARTS) is 2. The third-order valence-corrected chi connectivity index (χ3v) is 2.27. The predicted octanol–water partition coefficient (Wildman–Crippen LogP) is -0.703. The molecule has 2 rings (SSSR count). The summed E-state index contributed by atoms with van der Waals surface area (Å²) in [5.74, 6) is -2.62. The zero-order valence-corrected chi connectivity index (χ0v) is 14.3. The quantitative estimate of drug-likeness (QED) is 0.545. The van der Waals surface area contributed by atoms with E-state index in [-0.39, 0.29) is 75.4 Å². The number of hydrogen-bond acceptors (Lipinski definition) is 4. The van der Waals surface area contributed by atoms with Crippen molar-refractivity contribution < 1.29 is 82.8 Å². The summed E-state index contributed by atoms with van der Waals surface area (Å²) in [6, 6.07) is 11.6. The van der Waals surface area contributed by atoms with Crippen molar-refractivity contribution in [3.05, 3.63) is 59.7 Å². The first-order valence-corrected chi connectivity index (χ1v) is 5.46. The zero-order chi connectivity index (χ0) is 15.1. The van der Waals surface area contributed by atoms with Crippen LogP contribution in [0.1, 0.15) is 22.1 Å². The average molecular weight is 316 g/mol. The first-order chi connectivity index (χ1) is 9.43. The van der Waals surface area contributed by atoms with Crippen LogP contribution in [0.3, 0.4) is 0 Å². The molecule has 0 radical (unpaired) electrons. The van der Waals surface area contributed by atoms with E-state index in [4.69, 9.17) is 20.4 Å². The molecule has 4 N–H and O–H groups in total. The van der Waals surface area contributed by atoms with Crippen molar-refractivity contribution in [1.29, 1.82) is 0 Å². The Labute approximate surface area is 164 Å². The number of aromatic hydroxyl groups is 2. The molecule has 2 aromatic rings. The largest absolute Gasteiger partial charge is 1.00 e. The van der Waals surface area contributed by atoms with E-state index in [2.05, 4.69) is 0 Å². The predicted molar refractivity (Wildman–Crippen MR) is 71.2 cm³/mol. The van der Waals surface area contributed by atoms with Crippen molar-refractivity contribution in [1.82, 2.24) is 0 Å². The van der Waals surface area contributed by atoms with E-state index in [1.807, 2.05) is 0 Å². The normalized spacial score (nSPS) is 8.76. The summed E-state index contributed by atoms with van der Waals surface area (Å²) in [4.78, 5) is 20.5. The van der Waals surface area contributed by atoms with Gasteiger partial charge in [0.25, 0.3) is 0 Å². The van der Waals surface area contributed by atoms with Gasteiger partial charge in [-0.1, -0.05) is 24.3 Å². The number of phenols is 2. The molecule has 0 aliphatic heterocycles. The van der Waals surface area contributed by atoms with E-state index in [9.17, 15) is 9.59 Å². The summed E-state index contributed by atoms with van der Waals surface area (Å²) in [5, 5.41) is 34.6. The van der Waals surface area contributed by atoms with Gasteiger partial charge in [0, 0.05) is 0 Å². The molecule has 2 aromatic carbocycles. The molecule has 0 aliphatic carbocycles. The van der Waals surface area contributed by atoms with Gasteiger partial charge in [-0.25, -0.2) is 9.59 Å². The summed E-state index contributed by atoms with van der Waals surface area (Å²) in [6.07, 6.45) is 0. The molecule has 0 atom stereocenters. The number of carbonyl (C=O) groups is 2. The number of aromatic carboxylic acids is 2. The molecule has 0 saturated carbocycles. The number of hydrogen-bond donors (Lipinski definition) is 4. The maximum atomic E-state index is 10.3. The summed E-state index contributed by atoms with van der Waals surface area (Å²) in [6.45, 7) is 0. The van der Waals surface area contributed by atoms with Crippen LogP contribution in [-0.4, -0.2) is 32.4 Å². The van der Waals surface area contributed by atoms with E-state index in [1.165, 1.54) is 24.3 Å². The van der Waals surface area contributed by atoms with Crippen molar-refractivity contribution in [3.63, 3.8) is 0 Å². The Balaban J connectivity index is 0. The summed E-state index contributed by atoms with van der Waals surface area (Å²) in [5.41, 5.74) is -0.134. The molecular formula is C14H13KO6. The molecule has 0 saturated heterocycles. The van der Waals surface area contributed by atoms with Gasteiger partial charge in [0.2, 0.25) is 0 Å². The minimum absolute atomic E-state index is 0. The fraction of sp³-hybridized carbons (Fsp3) is 0. The van der Waals surface area contributed by atoms with Crippen LogP contribution in [0, 0.1) is 0 Å². The second-order valence-corrected chi connectivity index (χ2v) is 3.64. The van der Waals surface area contributed by atoms with Gasteiger partial charge in [-0.2, -0.15) is 0 Å². The molecule has 0 heterocycles. The molecule has 7 heteroatoms. The van der Waals surface area contributed by atoms with Gasteiger partial charge in [0.05, 0.1) is 0 Å². The number of para-hydroxylation sites is 2. The van der Waals surface area contributed by atoms with Crippen LogP contribution < -0.4 is 51.4 Å². The van der Waals surface area contributed by atoms with Crippen molar-refractivity contribution in [2.75, 3.05) is 0 Å². The van der Waals surface area contributed by atoms with Gasteiger partial charge in [-0.05, 0) is 24.3 Å². The summed E-state index contributed by atoms with van der Waals surface area (Å²) >= 11 is 0. The van der Waals surface area contributed by atoms with E-state index in [1.54, 1.807) is 24.3 Å². The molecule has 21 heavy (non-hydrogen) atoms. The van der Waals surface area contributed by atoms with Gasteiger partial charge in [0.15, 0.2) is 0 Å². The Kier molecular flexibility index (Phi) is 8.91. The summed E-state index contributed by atoms with van der Waals surface area (Å²) in [7, 11) is 0. The zero-order valence-electron chi connectivity index (χ0n) is 12.2. The fourth-order valence-corrected chi connectivity index (χ4v) is 1.31. The molecule has 0 amide bonds. The maximum Gasteiger partial charge on any atom is 1.00 e. The van der Waals surface area contributed by atoms with Crippen molar-refractivity contribution >= 4 is 11.9 Å². The first-order valence-electron chi connectivity index (χ1n) is 5.46. The smallest absolute Gasteiger partial charge is 1.00 e. The van der Waals surface area contributed by atoms with E-state index in [0.29, 0.717) is 0 Å². The van der Waals surface area contributed by atoms with Crippen LogP contribution >= 0.6 is 0 Å². The summed E-state index contributed by atoms with van der Waals surface area (Å²) < 4.78 is 0. The molecule has 0 spiro atoms. The minimum atomic E-state index is -1.11. The van der Waals surface area contributed by atoms with Crippen molar-refractivity contribution in [3.8, 4) is 11.5 Å². The SMILES string of the molecule is O=C(O)c1ccccc1O.O=C(O)c1ccccc1O.[H-].[K+]. The van der Waals surface area contributed by atoms with Gasteiger partial charge in [-0.15, -0.1) is 0 Å². The first kappa shape index (κ1) is 19.6. The standard InChI is InChI=1S/2C7H6O3.K.H/c2*8-6-4-2-1-3-5(6)7(9)10;;/h2*1-4,8H,(H,9,10);;/q;;+1;-1. The van der Waals surface area contributed by atoms with Gasteiger partial charge in [0.1, 0.15) is 22.6 Å². The Morgan fingerprint density at radius 1 is 0.714 bits per heavy atom. The average Bonchev–Trinajstić information content (AvgIpc) is 2.40. The molecular weight excluding hydrogens is 303 g/mol. The monoisotopic (exact) mass is 316 g/mol. The third kappa shape index (κ3) is 6.28. The van der Waals surface area contributed by atoms with E-state index in [0.717, 1.165) is 0 Å². The van der Waals surface area contributed by atoms with Crippen molar-refractivity contribution in [2.24, 2.45) is 0 Å². The van der Waals surface area contributed by atoms with Crippen LogP contribution in [-0.2, 0) is 0 Å². The Bertz CT molecular complexity index is 577. The second kappa shape index (κ2) is 9.53. The van der Waals surface area contributed by atoms with Crippen LogP contribution in [0.2, 0.25) is 0 Å². The van der Waals surface area contributed by atoms with Crippen LogP contribution in [0.4, 0.5) is 0 Å². The molecule has 6 nitrogen and oxygen atoms in total. The van der Waals surface area contributed by atoms with Gasteiger partial charge >= 0.3 is 63.3 Å². The number of carboxylic acids is 2. The fourth-order valence-electron chi connectivity index (χ4n) is 1.31. The Morgan fingerprint density at radius 2 is 1.00 bits per heavy atom. The topological polar surface area (TPSA) is 115 Å². The minimum Gasteiger partial charge on any atom is -1.00 e. The van der Waals surface area contributed by atoms with Crippen LogP contribution in [0.5, 0.6) is 11.5 Å². The number of benzene rings is 2. The molecule has 0 aliphatic rings. The van der Waals surface area contributed by atoms with Gasteiger partial charge in [-0.3, -0.25) is 0 Å². The van der Waals surface area contributed by atoms with E-state index < -0.39 is 11.9 Å². The number of rotatable bonds is 2. The molecule has 0 fully saturated rings. The van der Waals surface area contributed by atoms with Crippen LogP contribution in [0.25, 0.3) is 0 Å². The molecule has 106 valence electrons. The molecule has 0 bridgehead atoms. The van der Waals surface area contributed by atoms with Gasteiger partial charge < -0.3 is 21.9 Å². The Morgan fingerprint density at radius 3 is 1.19 bits per heavy atom. The van der Waals surface area contributed by atoms with Crippen LogP contribution in [0.15, 0.2) is 48.5 Å². The molecule has 0 unspecified atom stereocenters. The second-order valence-electron chi connectivity index (χ2n) is 3.64. The Hall–Kier alpha value is -1.38.